The number of aryl methyl sites for hydroxylation is 4. The second kappa shape index (κ2) is 5.02. The maximum atomic E-state index is 13.3. The van der Waals surface area contributed by atoms with Crippen molar-refractivity contribution in [3.8, 4) is 0 Å². The highest BCUT2D eigenvalue weighted by molar-refractivity contribution is 7.12. The van der Waals surface area contributed by atoms with E-state index in [-0.39, 0.29) is 11.2 Å². The van der Waals surface area contributed by atoms with Gasteiger partial charge >= 0.3 is 0 Å². The second-order valence-electron chi connectivity index (χ2n) is 4.70. The quantitative estimate of drug-likeness (QED) is 0.643. The molecule has 0 fully saturated rings. The third kappa shape index (κ3) is 2.45. The lowest BCUT2D eigenvalue weighted by molar-refractivity contribution is 0.624. The van der Waals surface area contributed by atoms with Gasteiger partial charge in [-0.15, -0.1) is 22.9 Å². The molecule has 2 rings (SSSR count). The highest BCUT2D eigenvalue weighted by Gasteiger charge is 2.19. The van der Waals surface area contributed by atoms with Crippen LogP contribution in [0.4, 0.5) is 4.39 Å². The Morgan fingerprint density at radius 1 is 1.00 bits per heavy atom. The van der Waals surface area contributed by atoms with Crippen molar-refractivity contribution in [3.63, 3.8) is 0 Å². The molecule has 18 heavy (non-hydrogen) atoms. The summed E-state index contributed by atoms with van der Waals surface area (Å²) in [5, 5.41) is -0.192. The molecule has 1 aromatic carbocycles. The van der Waals surface area contributed by atoms with E-state index in [0.717, 1.165) is 21.6 Å². The monoisotopic (exact) mass is 282 g/mol. The zero-order valence-corrected chi connectivity index (χ0v) is 12.5. The summed E-state index contributed by atoms with van der Waals surface area (Å²) in [6.45, 7) is 8.00. The molecule has 0 saturated carbocycles. The molecule has 1 aromatic heterocycles. The first-order valence-electron chi connectivity index (χ1n) is 5.87. The number of benzene rings is 1. The summed E-state index contributed by atoms with van der Waals surface area (Å²) in [7, 11) is 0. The minimum absolute atomic E-state index is 0.192. The molecule has 0 saturated heterocycles. The topological polar surface area (TPSA) is 0 Å². The van der Waals surface area contributed by atoms with Gasteiger partial charge in [-0.05, 0) is 68.1 Å². The Hall–Kier alpha value is -0.860. The average molecular weight is 283 g/mol. The summed E-state index contributed by atoms with van der Waals surface area (Å²) < 4.78 is 13.3. The molecule has 2 aromatic rings. The number of hydrogen-bond acceptors (Lipinski definition) is 1. The van der Waals surface area contributed by atoms with Gasteiger partial charge in [-0.2, -0.15) is 0 Å². The first kappa shape index (κ1) is 13.6. The van der Waals surface area contributed by atoms with Crippen LogP contribution in [0.2, 0.25) is 0 Å². The zero-order valence-electron chi connectivity index (χ0n) is 11.0. The number of halogens is 2. The van der Waals surface area contributed by atoms with Gasteiger partial charge in [0.1, 0.15) is 5.82 Å². The summed E-state index contributed by atoms with van der Waals surface area (Å²) in [6, 6.07) is 5.22. The Morgan fingerprint density at radius 3 is 2.00 bits per heavy atom. The van der Waals surface area contributed by atoms with Crippen molar-refractivity contribution >= 4 is 22.9 Å². The van der Waals surface area contributed by atoms with Crippen LogP contribution < -0.4 is 0 Å². The van der Waals surface area contributed by atoms with Crippen LogP contribution in [0.25, 0.3) is 0 Å². The Morgan fingerprint density at radius 2 is 1.56 bits per heavy atom. The third-order valence-electron chi connectivity index (χ3n) is 3.25. The number of hydrogen-bond donors (Lipinski definition) is 0. The van der Waals surface area contributed by atoms with Crippen molar-refractivity contribution in [1.29, 1.82) is 0 Å². The number of thiophene rings is 1. The lowest BCUT2D eigenvalue weighted by atomic mass is 9.98. The van der Waals surface area contributed by atoms with Crippen molar-refractivity contribution in [3.05, 3.63) is 56.0 Å². The largest absolute Gasteiger partial charge is 0.207 e. The fraction of sp³-hybridized carbons (Fsp3) is 0.333. The highest BCUT2D eigenvalue weighted by Crippen LogP contribution is 2.38. The van der Waals surface area contributed by atoms with E-state index in [9.17, 15) is 4.39 Å². The van der Waals surface area contributed by atoms with Crippen LogP contribution >= 0.6 is 22.9 Å². The molecular formula is C15H16ClFS. The van der Waals surface area contributed by atoms with E-state index >= 15 is 0 Å². The van der Waals surface area contributed by atoms with Gasteiger partial charge in [-0.25, -0.2) is 4.39 Å². The Labute approximate surface area is 116 Å². The number of rotatable bonds is 2. The van der Waals surface area contributed by atoms with Crippen LogP contribution in [0.1, 0.15) is 37.4 Å². The van der Waals surface area contributed by atoms with E-state index in [4.69, 9.17) is 11.6 Å². The standard InChI is InChI=1S/C15H16ClFS/c1-8-7-13(18-11(8)4)15(16)14-9(2)5-12(17)6-10(14)3/h5-7,15H,1-4H3. The van der Waals surface area contributed by atoms with Crippen molar-refractivity contribution in [1.82, 2.24) is 0 Å². The normalized spacial score (nSPS) is 12.8. The molecule has 1 heterocycles. The van der Waals surface area contributed by atoms with Gasteiger partial charge < -0.3 is 0 Å². The van der Waals surface area contributed by atoms with Crippen LogP contribution in [0.3, 0.4) is 0 Å². The van der Waals surface area contributed by atoms with Gasteiger partial charge in [-0.3, -0.25) is 0 Å². The zero-order chi connectivity index (χ0) is 13.4. The minimum Gasteiger partial charge on any atom is -0.207 e. The lowest BCUT2D eigenvalue weighted by Crippen LogP contribution is -1.99. The molecule has 0 radical (unpaired) electrons. The first-order valence-corrected chi connectivity index (χ1v) is 7.13. The second-order valence-corrected chi connectivity index (χ2v) is 6.43. The van der Waals surface area contributed by atoms with Gasteiger partial charge in [0, 0.05) is 9.75 Å². The fourth-order valence-electron chi connectivity index (χ4n) is 2.19. The van der Waals surface area contributed by atoms with Gasteiger partial charge in [0.2, 0.25) is 0 Å². The number of alkyl halides is 1. The van der Waals surface area contributed by atoms with Crippen molar-refractivity contribution in [2.24, 2.45) is 0 Å². The van der Waals surface area contributed by atoms with Crippen LogP contribution in [0.15, 0.2) is 18.2 Å². The van der Waals surface area contributed by atoms with Crippen molar-refractivity contribution < 1.29 is 4.39 Å². The summed E-state index contributed by atoms with van der Waals surface area (Å²) >= 11 is 8.28. The molecule has 0 aliphatic rings. The molecule has 1 atom stereocenters. The average Bonchev–Trinajstić information content (AvgIpc) is 2.57. The van der Waals surface area contributed by atoms with Crippen LogP contribution in [-0.4, -0.2) is 0 Å². The van der Waals surface area contributed by atoms with E-state index in [0.29, 0.717) is 0 Å². The lowest BCUT2D eigenvalue weighted by Gasteiger charge is -2.14. The van der Waals surface area contributed by atoms with Crippen LogP contribution in [0, 0.1) is 33.5 Å². The smallest absolute Gasteiger partial charge is 0.123 e. The first-order chi connectivity index (χ1) is 8.40. The maximum Gasteiger partial charge on any atom is 0.123 e. The van der Waals surface area contributed by atoms with Crippen LogP contribution in [0.5, 0.6) is 0 Å². The predicted molar refractivity (Wildman–Crippen MR) is 77.4 cm³/mol. The molecular weight excluding hydrogens is 267 g/mol. The van der Waals surface area contributed by atoms with E-state index in [1.807, 2.05) is 13.8 Å². The Kier molecular flexibility index (Phi) is 3.79. The molecule has 0 bridgehead atoms. The van der Waals surface area contributed by atoms with Crippen molar-refractivity contribution in [2.45, 2.75) is 33.1 Å². The summed E-state index contributed by atoms with van der Waals surface area (Å²) in [4.78, 5) is 2.41. The molecule has 96 valence electrons. The van der Waals surface area contributed by atoms with E-state index < -0.39 is 0 Å². The molecule has 3 heteroatoms. The molecule has 0 spiro atoms. The highest BCUT2D eigenvalue weighted by atomic mass is 35.5. The van der Waals surface area contributed by atoms with Crippen molar-refractivity contribution in [2.75, 3.05) is 0 Å². The van der Waals surface area contributed by atoms with Gasteiger partial charge in [0.25, 0.3) is 0 Å². The molecule has 0 N–H and O–H groups in total. The van der Waals surface area contributed by atoms with Gasteiger partial charge in [0.15, 0.2) is 0 Å². The molecule has 0 amide bonds. The Bertz CT molecular complexity index is 544. The molecule has 0 aliphatic carbocycles. The van der Waals surface area contributed by atoms with Gasteiger partial charge in [-0.1, -0.05) is 0 Å². The van der Waals surface area contributed by atoms with E-state index in [2.05, 4.69) is 19.9 Å². The van der Waals surface area contributed by atoms with E-state index in [1.165, 1.54) is 10.4 Å². The summed E-state index contributed by atoms with van der Waals surface area (Å²) in [6.07, 6.45) is 0. The summed E-state index contributed by atoms with van der Waals surface area (Å²) in [5.41, 5.74) is 4.12. The SMILES string of the molecule is Cc1cc(C(Cl)c2c(C)cc(F)cc2C)sc1C. The maximum absolute atomic E-state index is 13.3. The Balaban J connectivity index is 2.49. The fourth-order valence-corrected chi connectivity index (χ4v) is 3.76. The molecule has 1 unspecified atom stereocenters. The predicted octanol–water partition coefficient (Wildman–Crippen LogP) is 5.45. The molecule has 0 nitrogen and oxygen atoms in total. The van der Waals surface area contributed by atoms with E-state index in [1.54, 1.807) is 23.5 Å². The molecule has 0 aliphatic heterocycles. The third-order valence-corrected chi connectivity index (χ3v) is 5.05. The van der Waals surface area contributed by atoms with Crippen LogP contribution in [-0.2, 0) is 0 Å². The van der Waals surface area contributed by atoms with Gasteiger partial charge in [0.05, 0.1) is 5.38 Å². The minimum atomic E-state index is -0.198. The summed E-state index contributed by atoms with van der Waals surface area (Å²) in [5.74, 6) is -0.198.